The van der Waals surface area contributed by atoms with Gasteiger partial charge in [-0.25, -0.2) is 0 Å². The zero-order chi connectivity index (χ0) is 11.4. The van der Waals surface area contributed by atoms with Crippen LogP contribution in [0.4, 0.5) is 0 Å². The van der Waals surface area contributed by atoms with E-state index in [1.165, 1.54) is 0 Å². The molecule has 2 heterocycles. The molecule has 6 heteroatoms. The summed E-state index contributed by atoms with van der Waals surface area (Å²) in [5, 5.41) is 17.6. The van der Waals surface area contributed by atoms with E-state index in [1.807, 2.05) is 11.5 Å². The number of aliphatic hydroxyl groups is 1. The lowest BCUT2D eigenvalue weighted by Gasteiger charge is -2.28. The van der Waals surface area contributed by atoms with Crippen LogP contribution in [0.15, 0.2) is 6.33 Å². The summed E-state index contributed by atoms with van der Waals surface area (Å²) in [7, 11) is 0. The highest BCUT2D eigenvalue weighted by molar-refractivity contribution is 4.90. The van der Waals surface area contributed by atoms with Crippen molar-refractivity contribution in [3.05, 3.63) is 12.2 Å². The fourth-order valence-corrected chi connectivity index (χ4v) is 1.88. The van der Waals surface area contributed by atoms with Gasteiger partial charge < -0.3 is 14.4 Å². The first-order chi connectivity index (χ1) is 7.79. The largest absolute Gasteiger partial charge is 0.389 e. The monoisotopic (exact) mass is 226 g/mol. The van der Waals surface area contributed by atoms with Crippen molar-refractivity contribution in [3.8, 4) is 0 Å². The molecule has 1 atom stereocenters. The van der Waals surface area contributed by atoms with Gasteiger partial charge in [0.2, 0.25) is 0 Å². The predicted octanol–water partition coefficient (Wildman–Crippen LogP) is -0.509. The van der Waals surface area contributed by atoms with Crippen molar-refractivity contribution in [1.82, 2.24) is 19.7 Å². The summed E-state index contributed by atoms with van der Waals surface area (Å²) in [6.07, 6.45) is 1.33. The number of aliphatic hydroxyl groups excluding tert-OH is 1. The molecule has 1 aliphatic rings. The first-order valence-corrected chi connectivity index (χ1v) is 5.64. The first-order valence-electron chi connectivity index (χ1n) is 5.64. The summed E-state index contributed by atoms with van der Waals surface area (Å²) in [6.45, 7) is 6.18. The van der Waals surface area contributed by atoms with E-state index in [1.54, 1.807) is 6.33 Å². The lowest BCUT2D eigenvalue weighted by molar-refractivity contribution is 0.0159. The van der Waals surface area contributed by atoms with E-state index >= 15 is 0 Å². The standard InChI is InChI=1S/C10H18N4O2/c1-2-16-7-9(15)5-13-3-4-14-8-11-12-10(14)6-13/h8-9,15H,2-7H2,1H3. The van der Waals surface area contributed by atoms with Crippen LogP contribution in [0.3, 0.4) is 0 Å². The van der Waals surface area contributed by atoms with Crippen LogP contribution in [0.5, 0.6) is 0 Å². The van der Waals surface area contributed by atoms with Crippen LogP contribution in [0, 0.1) is 0 Å². The Morgan fingerprint density at radius 1 is 1.56 bits per heavy atom. The van der Waals surface area contributed by atoms with Crippen molar-refractivity contribution in [3.63, 3.8) is 0 Å². The van der Waals surface area contributed by atoms with Crippen LogP contribution in [0.1, 0.15) is 12.7 Å². The van der Waals surface area contributed by atoms with Gasteiger partial charge in [-0.05, 0) is 6.92 Å². The molecule has 16 heavy (non-hydrogen) atoms. The first kappa shape index (κ1) is 11.5. The molecule has 0 spiro atoms. The minimum Gasteiger partial charge on any atom is -0.389 e. The van der Waals surface area contributed by atoms with Gasteiger partial charge in [0.15, 0.2) is 0 Å². The molecule has 0 aromatic carbocycles. The third-order valence-electron chi connectivity index (χ3n) is 2.70. The molecule has 2 rings (SSSR count). The molecule has 90 valence electrons. The second-order valence-electron chi connectivity index (χ2n) is 3.99. The number of hydrogen-bond acceptors (Lipinski definition) is 5. The molecule has 0 saturated heterocycles. The maximum atomic E-state index is 9.72. The van der Waals surface area contributed by atoms with Crippen molar-refractivity contribution < 1.29 is 9.84 Å². The zero-order valence-corrected chi connectivity index (χ0v) is 9.54. The van der Waals surface area contributed by atoms with Gasteiger partial charge in [-0.3, -0.25) is 4.90 Å². The Morgan fingerprint density at radius 2 is 2.44 bits per heavy atom. The summed E-state index contributed by atoms with van der Waals surface area (Å²) in [5.74, 6) is 0.967. The number of ether oxygens (including phenoxy) is 1. The number of rotatable bonds is 5. The van der Waals surface area contributed by atoms with Gasteiger partial charge in [0, 0.05) is 26.2 Å². The van der Waals surface area contributed by atoms with Gasteiger partial charge in [0.1, 0.15) is 12.2 Å². The van der Waals surface area contributed by atoms with Gasteiger partial charge in [-0.1, -0.05) is 0 Å². The Labute approximate surface area is 94.8 Å². The maximum Gasteiger partial charge on any atom is 0.147 e. The Balaban J connectivity index is 1.80. The molecule has 1 N–H and O–H groups in total. The molecule has 0 bridgehead atoms. The number of fused-ring (bicyclic) bond motifs is 1. The second kappa shape index (κ2) is 5.38. The average Bonchev–Trinajstić information content (AvgIpc) is 2.73. The van der Waals surface area contributed by atoms with Crippen molar-refractivity contribution in [2.24, 2.45) is 0 Å². The third-order valence-corrected chi connectivity index (χ3v) is 2.70. The minimum atomic E-state index is -0.422. The lowest BCUT2D eigenvalue weighted by Crippen LogP contribution is -2.40. The zero-order valence-electron chi connectivity index (χ0n) is 9.54. The fraction of sp³-hybridized carbons (Fsp3) is 0.800. The van der Waals surface area contributed by atoms with E-state index in [9.17, 15) is 5.11 Å². The topological polar surface area (TPSA) is 63.4 Å². The van der Waals surface area contributed by atoms with Crippen LogP contribution in [0.2, 0.25) is 0 Å². The molecule has 0 radical (unpaired) electrons. The van der Waals surface area contributed by atoms with Crippen LogP contribution in [0.25, 0.3) is 0 Å². The smallest absolute Gasteiger partial charge is 0.147 e. The van der Waals surface area contributed by atoms with Crippen LogP contribution < -0.4 is 0 Å². The maximum absolute atomic E-state index is 9.72. The highest BCUT2D eigenvalue weighted by Crippen LogP contribution is 2.09. The van der Waals surface area contributed by atoms with E-state index < -0.39 is 6.10 Å². The highest BCUT2D eigenvalue weighted by Gasteiger charge is 2.19. The predicted molar refractivity (Wildman–Crippen MR) is 57.8 cm³/mol. The van der Waals surface area contributed by atoms with Crippen molar-refractivity contribution in [1.29, 1.82) is 0 Å². The fourth-order valence-electron chi connectivity index (χ4n) is 1.88. The van der Waals surface area contributed by atoms with Crippen LogP contribution >= 0.6 is 0 Å². The Bertz CT molecular complexity index is 328. The van der Waals surface area contributed by atoms with Gasteiger partial charge in [0.25, 0.3) is 0 Å². The number of aromatic nitrogens is 3. The van der Waals surface area contributed by atoms with E-state index in [0.29, 0.717) is 19.8 Å². The summed E-state index contributed by atoms with van der Waals surface area (Å²) in [6, 6.07) is 0. The average molecular weight is 226 g/mol. The summed E-state index contributed by atoms with van der Waals surface area (Å²) >= 11 is 0. The van der Waals surface area contributed by atoms with E-state index in [2.05, 4.69) is 15.1 Å². The minimum absolute atomic E-state index is 0.402. The molecule has 1 aliphatic heterocycles. The SMILES string of the molecule is CCOCC(O)CN1CCn2cnnc2C1. The molecule has 0 saturated carbocycles. The second-order valence-corrected chi connectivity index (χ2v) is 3.99. The Kier molecular flexibility index (Phi) is 3.87. The summed E-state index contributed by atoms with van der Waals surface area (Å²) in [5.41, 5.74) is 0. The normalized spacial score (nSPS) is 18.4. The van der Waals surface area contributed by atoms with Crippen molar-refractivity contribution in [2.75, 3.05) is 26.3 Å². The van der Waals surface area contributed by atoms with Crippen molar-refractivity contribution in [2.45, 2.75) is 26.1 Å². The van der Waals surface area contributed by atoms with Crippen molar-refractivity contribution >= 4 is 0 Å². The van der Waals surface area contributed by atoms with E-state index in [4.69, 9.17) is 4.74 Å². The molecule has 0 aliphatic carbocycles. The summed E-state index contributed by atoms with van der Waals surface area (Å²) in [4.78, 5) is 2.17. The highest BCUT2D eigenvalue weighted by atomic mass is 16.5. The molecule has 6 nitrogen and oxygen atoms in total. The molecule has 1 aromatic rings. The molecule has 1 unspecified atom stereocenters. The molecule has 1 aromatic heterocycles. The molecule has 0 fully saturated rings. The van der Waals surface area contributed by atoms with Crippen LogP contribution in [-0.4, -0.2) is 57.2 Å². The lowest BCUT2D eigenvalue weighted by atomic mass is 10.3. The number of hydrogen-bond donors (Lipinski definition) is 1. The third kappa shape index (κ3) is 2.78. The van der Waals surface area contributed by atoms with E-state index in [-0.39, 0.29) is 0 Å². The number of nitrogens with zero attached hydrogens (tertiary/aromatic N) is 4. The van der Waals surface area contributed by atoms with Gasteiger partial charge in [0.05, 0.1) is 19.3 Å². The Morgan fingerprint density at radius 3 is 3.25 bits per heavy atom. The molecular formula is C10H18N4O2. The van der Waals surface area contributed by atoms with Gasteiger partial charge in [-0.2, -0.15) is 0 Å². The van der Waals surface area contributed by atoms with Gasteiger partial charge in [-0.15, -0.1) is 10.2 Å². The Hall–Kier alpha value is -0.980. The quantitative estimate of drug-likeness (QED) is 0.732. The molecular weight excluding hydrogens is 208 g/mol. The number of β-amino-alcohol motifs (C(OH)–C–C–N with tert-alkyl or cyclic N) is 1. The molecule has 0 amide bonds. The van der Waals surface area contributed by atoms with E-state index in [0.717, 1.165) is 25.5 Å². The van der Waals surface area contributed by atoms with Gasteiger partial charge >= 0.3 is 0 Å². The van der Waals surface area contributed by atoms with Crippen LogP contribution in [-0.2, 0) is 17.8 Å². The summed E-state index contributed by atoms with van der Waals surface area (Å²) < 4.78 is 7.23.